The zero-order chi connectivity index (χ0) is 15.1. The third-order valence-electron chi connectivity index (χ3n) is 2.89. The third-order valence-corrected chi connectivity index (χ3v) is 3.06. The number of hydrogen-bond acceptors (Lipinski definition) is 3. The SMILES string of the molecule is CC.Clc1nc(C2=CCCC=C2)nc(-c2ccccc2)n1. The number of hydrogen-bond donors (Lipinski definition) is 0. The summed E-state index contributed by atoms with van der Waals surface area (Å²) in [4.78, 5) is 12.9. The Balaban J connectivity index is 0.000000774. The van der Waals surface area contributed by atoms with Crippen LogP contribution in [0.2, 0.25) is 5.28 Å². The molecule has 108 valence electrons. The summed E-state index contributed by atoms with van der Waals surface area (Å²) in [5.74, 6) is 1.24. The van der Waals surface area contributed by atoms with Gasteiger partial charge in [-0.1, -0.05) is 62.4 Å². The smallest absolute Gasteiger partial charge is 0.208 e. The zero-order valence-electron chi connectivity index (χ0n) is 12.3. The van der Waals surface area contributed by atoms with Gasteiger partial charge >= 0.3 is 0 Å². The molecule has 3 rings (SSSR count). The minimum Gasteiger partial charge on any atom is -0.208 e. The van der Waals surface area contributed by atoms with Crippen LogP contribution in [-0.2, 0) is 0 Å². The average Bonchev–Trinajstić information content (AvgIpc) is 2.58. The van der Waals surface area contributed by atoms with Gasteiger partial charge in [-0.15, -0.1) is 0 Å². The van der Waals surface area contributed by atoms with Crippen molar-refractivity contribution in [3.8, 4) is 11.4 Å². The van der Waals surface area contributed by atoms with Crippen LogP contribution in [-0.4, -0.2) is 15.0 Å². The van der Waals surface area contributed by atoms with E-state index in [2.05, 4.69) is 27.1 Å². The van der Waals surface area contributed by atoms with Crippen LogP contribution in [0.5, 0.6) is 0 Å². The molecule has 4 heteroatoms. The predicted molar refractivity (Wildman–Crippen MR) is 88.0 cm³/mol. The molecule has 1 aromatic carbocycles. The molecule has 1 aromatic heterocycles. The fourth-order valence-electron chi connectivity index (χ4n) is 1.97. The zero-order valence-corrected chi connectivity index (χ0v) is 13.0. The summed E-state index contributed by atoms with van der Waals surface area (Å²) in [6.07, 6.45) is 8.35. The minimum atomic E-state index is 0.226. The molecule has 2 aromatic rings. The summed E-state index contributed by atoms with van der Waals surface area (Å²) < 4.78 is 0. The lowest BCUT2D eigenvalue weighted by Gasteiger charge is -2.07. The fourth-order valence-corrected chi connectivity index (χ4v) is 2.13. The maximum Gasteiger partial charge on any atom is 0.226 e. The van der Waals surface area contributed by atoms with Gasteiger partial charge in [0.1, 0.15) is 0 Å². The molecule has 0 bridgehead atoms. The number of benzene rings is 1. The molecule has 0 saturated carbocycles. The van der Waals surface area contributed by atoms with E-state index in [4.69, 9.17) is 11.6 Å². The van der Waals surface area contributed by atoms with Crippen LogP contribution < -0.4 is 0 Å². The maximum absolute atomic E-state index is 6.01. The fraction of sp³-hybridized carbons (Fsp3) is 0.235. The first kappa shape index (κ1) is 15.4. The molecular formula is C17H18ClN3. The Labute approximate surface area is 130 Å². The van der Waals surface area contributed by atoms with Gasteiger partial charge in [0.05, 0.1) is 0 Å². The van der Waals surface area contributed by atoms with E-state index in [1.807, 2.05) is 50.3 Å². The van der Waals surface area contributed by atoms with Crippen molar-refractivity contribution in [1.29, 1.82) is 0 Å². The van der Waals surface area contributed by atoms with Crippen LogP contribution in [0.15, 0.2) is 48.6 Å². The van der Waals surface area contributed by atoms with Crippen molar-refractivity contribution in [3.63, 3.8) is 0 Å². The molecule has 0 fully saturated rings. The molecule has 0 unspecified atom stereocenters. The van der Waals surface area contributed by atoms with Crippen molar-refractivity contribution in [1.82, 2.24) is 15.0 Å². The summed E-state index contributed by atoms with van der Waals surface area (Å²) >= 11 is 6.01. The molecule has 0 radical (unpaired) electrons. The van der Waals surface area contributed by atoms with Gasteiger partial charge in [-0.3, -0.25) is 0 Å². The standard InChI is InChI=1S/C15H12ClN3.C2H6/c16-15-18-13(11-7-3-1-4-8-11)17-14(19-15)12-9-5-2-6-10-12;1-2/h1,3-5,7-10H,2,6H2;1-2H3. The first-order valence-electron chi connectivity index (χ1n) is 7.17. The molecule has 1 aliphatic carbocycles. The van der Waals surface area contributed by atoms with Gasteiger partial charge < -0.3 is 0 Å². The highest BCUT2D eigenvalue weighted by Gasteiger charge is 2.10. The highest BCUT2D eigenvalue weighted by atomic mass is 35.5. The predicted octanol–water partition coefficient (Wildman–Crippen LogP) is 4.95. The number of aromatic nitrogens is 3. The van der Waals surface area contributed by atoms with Crippen LogP contribution in [0, 0.1) is 0 Å². The molecule has 3 nitrogen and oxygen atoms in total. The molecule has 0 spiro atoms. The second-order valence-corrected chi connectivity index (χ2v) is 4.59. The Morgan fingerprint density at radius 3 is 2.29 bits per heavy atom. The Morgan fingerprint density at radius 2 is 1.62 bits per heavy atom. The quantitative estimate of drug-likeness (QED) is 0.787. The lowest BCUT2D eigenvalue weighted by Crippen LogP contribution is -2.00. The van der Waals surface area contributed by atoms with Gasteiger partial charge in [0.2, 0.25) is 5.28 Å². The summed E-state index contributed by atoms with van der Waals surface area (Å²) in [6.45, 7) is 4.00. The van der Waals surface area contributed by atoms with Crippen LogP contribution in [0.4, 0.5) is 0 Å². The molecule has 21 heavy (non-hydrogen) atoms. The number of halogens is 1. The van der Waals surface area contributed by atoms with Crippen molar-refractivity contribution in [2.75, 3.05) is 0 Å². The number of allylic oxidation sites excluding steroid dienone is 4. The Bertz CT molecular complexity index is 648. The summed E-state index contributed by atoms with van der Waals surface area (Å²) in [5.41, 5.74) is 1.95. The van der Waals surface area contributed by atoms with Crippen molar-refractivity contribution in [2.45, 2.75) is 26.7 Å². The van der Waals surface area contributed by atoms with Crippen molar-refractivity contribution in [2.24, 2.45) is 0 Å². The van der Waals surface area contributed by atoms with Crippen molar-refractivity contribution in [3.05, 3.63) is 59.7 Å². The van der Waals surface area contributed by atoms with Crippen molar-refractivity contribution < 1.29 is 0 Å². The Kier molecular flexibility index (Phi) is 5.64. The van der Waals surface area contributed by atoms with E-state index >= 15 is 0 Å². The molecule has 0 N–H and O–H groups in total. The molecule has 0 aliphatic heterocycles. The normalized spacial score (nSPS) is 13.2. The lowest BCUT2D eigenvalue weighted by atomic mass is 10.1. The van der Waals surface area contributed by atoms with Gasteiger partial charge in [-0.05, 0) is 24.4 Å². The second kappa shape index (κ2) is 7.70. The Hall–Kier alpha value is -2.00. The van der Waals surface area contributed by atoms with E-state index in [1.165, 1.54) is 0 Å². The monoisotopic (exact) mass is 299 g/mol. The molecule has 0 amide bonds. The molecule has 1 aliphatic rings. The molecule has 0 atom stereocenters. The van der Waals surface area contributed by atoms with Gasteiger partial charge in [0.15, 0.2) is 11.6 Å². The van der Waals surface area contributed by atoms with Gasteiger partial charge in [0.25, 0.3) is 0 Å². The maximum atomic E-state index is 6.01. The van der Waals surface area contributed by atoms with E-state index in [1.54, 1.807) is 0 Å². The second-order valence-electron chi connectivity index (χ2n) is 4.26. The van der Waals surface area contributed by atoms with E-state index in [0.717, 1.165) is 24.0 Å². The Morgan fingerprint density at radius 1 is 0.905 bits per heavy atom. The molecule has 0 saturated heterocycles. The van der Waals surface area contributed by atoms with Crippen LogP contribution in [0.3, 0.4) is 0 Å². The number of rotatable bonds is 2. The average molecular weight is 300 g/mol. The van der Waals surface area contributed by atoms with Crippen molar-refractivity contribution >= 4 is 17.2 Å². The largest absolute Gasteiger partial charge is 0.226 e. The van der Waals surface area contributed by atoms with E-state index < -0.39 is 0 Å². The van der Waals surface area contributed by atoms with Gasteiger partial charge in [-0.25, -0.2) is 4.98 Å². The van der Waals surface area contributed by atoms with Crippen LogP contribution >= 0.6 is 11.6 Å². The highest BCUT2D eigenvalue weighted by Crippen LogP contribution is 2.22. The van der Waals surface area contributed by atoms with E-state index in [-0.39, 0.29) is 5.28 Å². The number of nitrogens with zero attached hydrogens (tertiary/aromatic N) is 3. The van der Waals surface area contributed by atoms with Gasteiger partial charge in [-0.2, -0.15) is 9.97 Å². The topological polar surface area (TPSA) is 38.7 Å². The molecular weight excluding hydrogens is 282 g/mol. The minimum absolute atomic E-state index is 0.226. The summed E-state index contributed by atoms with van der Waals surface area (Å²) in [6, 6.07) is 9.78. The van der Waals surface area contributed by atoms with E-state index in [9.17, 15) is 0 Å². The third kappa shape index (κ3) is 3.99. The summed E-state index contributed by atoms with van der Waals surface area (Å²) in [7, 11) is 0. The first-order chi connectivity index (χ1) is 10.3. The summed E-state index contributed by atoms with van der Waals surface area (Å²) in [5, 5.41) is 0.226. The molecule has 1 heterocycles. The lowest BCUT2D eigenvalue weighted by molar-refractivity contribution is 1.00. The van der Waals surface area contributed by atoms with Gasteiger partial charge in [0, 0.05) is 11.1 Å². The van der Waals surface area contributed by atoms with Crippen LogP contribution in [0.1, 0.15) is 32.5 Å². The van der Waals surface area contributed by atoms with Crippen LogP contribution in [0.25, 0.3) is 17.0 Å². The highest BCUT2D eigenvalue weighted by molar-refractivity contribution is 6.28. The first-order valence-corrected chi connectivity index (χ1v) is 7.55. The van der Waals surface area contributed by atoms with E-state index in [0.29, 0.717) is 11.6 Å².